The number of aliphatic hydroxyl groups excluding tert-OH is 2. The third-order valence-electron chi connectivity index (χ3n) is 16.4. The fraction of sp³-hybridized carbons (Fsp3) is 0.971. The minimum absolute atomic E-state index is 0.0151. The number of nitrogens with one attached hydrogen (secondary N) is 1. The number of hydrogen-bond acceptors (Lipinski definition) is 5. The van der Waals surface area contributed by atoms with E-state index in [4.69, 9.17) is 4.74 Å². The molecule has 1 amide bonds. The lowest BCUT2D eigenvalue weighted by Gasteiger charge is -2.22. The molecule has 0 aliphatic rings. The lowest BCUT2D eigenvalue weighted by molar-refractivity contribution is -0.143. The second-order valence-corrected chi connectivity index (χ2v) is 23.9. The van der Waals surface area contributed by atoms with Crippen molar-refractivity contribution in [3.63, 3.8) is 0 Å². The van der Waals surface area contributed by atoms with Crippen molar-refractivity contribution in [2.75, 3.05) is 13.2 Å². The summed E-state index contributed by atoms with van der Waals surface area (Å²) in [7, 11) is 0. The third-order valence-corrected chi connectivity index (χ3v) is 16.4. The monoisotopic (exact) mass is 1050 g/mol. The number of aliphatic hydroxyl groups is 2. The average molecular weight is 1050 g/mol. The molecule has 74 heavy (non-hydrogen) atoms. The Hall–Kier alpha value is -1.14. The van der Waals surface area contributed by atoms with E-state index in [0.29, 0.717) is 25.9 Å². The number of carbonyl (C=O) groups is 2. The summed E-state index contributed by atoms with van der Waals surface area (Å²) < 4.78 is 5.49. The topological polar surface area (TPSA) is 95.9 Å². The van der Waals surface area contributed by atoms with Crippen molar-refractivity contribution in [3.05, 3.63) is 0 Å². The summed E-state index contributed by atoms with van der Waals surface area (Å²) in [6.45, 7) is 5.00. The van der Waals surface area contributed by atoms with E-state index in [1.165, 1.54) is 327 Å². The molecule has 0 heterocycles. The summed E-state index contributed by atoms with van der Waals surface area (Å²) in [6, 6.07) is -0.542. The number of ether oxygens (including phenoxy) is 1. The molecule has 0 rings (SSSR count). The van der Waals surface area contributed by atoms with Crippen molar-refractivity contribution < 1.29 is 24.5 Å². The van der Waals surface area contributed by atoms with Gasteiger partial charge in [-0.1, -0.05) is 361 Å². The predicted octanol–water partition coefficient (Wildman–Crippen LogP) is 21.8. The van der Waals surface area contributed by atoms with E-state index in [9.17, 15) is 19.8 Å². The molecule has 6 nitrogen and oxygen atoms in total. The van der Waals surface area contributed by atoms with Gasteiger partial charge in [-0.3, -0.25) is 9.59 Å². The van der Waals surface area contributed by atoms with Gasteiger partial charge in [0.15, 0.2) is 0 Å². The van der Waals surface area contributed by atoms with Gasteiger partial charge in [-0.15, -0.1) is 0 Å². The highest BCUT2D eigenvalue weighted by atomic mass is 16.5. The van der Waals surface area contributed by atoms with Gasteiger partial charge in [-0.25, -0.2) is 0 Å². The van der Waals surface area contributed by atoms with Crippen molar-refractivity contribution in [1.29, 1.82) is 0 Å². The fourth-order valence-corrected chi connectivity index (χ4v) is 11.2. The number of rotatable bonds is 65. The Kier molecular flexibility index (Phi) is 63.4. The van der Waals surface area contributed by atoms with Gasteiger partial charge in [0.2, 0.25) is 5.91 Å². The lowest BCUT2D eigenvalue weighted by Crippen LogP contribution is -2.45. The molecule has 0 aromatic heterocycles. The van der Waals surface area contributed by atoms with Crippen LogP contribution in [0.2, 0.25) is 0 Å². The largest absolute Gasteiger partial charge is 0.466 e. The van der Waals surface area contributed by atoms with E-state index in [-0.39, 0.29) is 18.5 Å². The molecule has 0 bridgehead atoms. The Bertz CT molecular complexity index is 1070. The number of esters is 1. The molecule has 442 valence electrons. The zero-order valence-electron chi connectivity index (χ0n) is 50.6. The Morgan fingerprint density at radius 2 is 0.554 bits per heavy atom. The van der Waals surface area contributed by atoms with Gasteiger partial charge in [-0.2, -0.15) is 0 Å². The van der Waals surface area contributed by atoms with E-state index in [1.807, 2.05) is 0 Å². The van der Waals surface area contributed by atoms with Gasteiger partial charge in [-0.05, 0) is 25.7 Å². The highest BCUT2D eigenvalue weighted by molar-refractivity contribution is 5.76. The maximum Gasteiger partial charge on any atom is 0.305 e. The molecule has 0 fully saturated rings. The first-order chi connectivity index (χ1) is 36.5. The van der Waals surface area contributed by atoms with E-state index in [0.717, 1.165) is 38.5 Å². The van der Waals surface area contributed by atoms with Crippen LogP contribution in [-0.4, -0.2) is 47.4 Å². The van der Waals surface area contributed by atoms with Gasteiger partial charge >= 0.3 is 5.97 Å². The molecular formula is C68H135NO5. The van der Waals surface area contributed by atoms with E-state index < -0.39 is 12.1 Å². The third kappa shape index (κ3) is 60.1. The zero-order valence-corrected chi connectivity index (χ0v) is 50.6. The fourth-order valence-electron chi connectivity index (χ4n) is 11.2. The Morgan fingerprint density at radius 3 is 0.824 bits per heavy atom. The van der Waals surface area contributed by atoms with Crippen molar-refractivity contribution in [3.8, 4) is 0 Å². The van der Waals surface area contributed by atoms with Gasteiger partial charge in [0.1, 0.15) is 0 Å². The highest BCUT2D eigenvalue weighted by Gasteiger charge is 2.20. The van der Waals surface area contributed by atoms with Gasteiger partial charge in [0, 0.05) is 12.8 Å². The summed E-state index contributed by atoms with van der Waals surface area (Å²) >= 11 is 0. The number of hydrogen-bond donors (Lipinski definition) is 3. The summed E-state index contributed by atoms with van der Waals surface area (Å²) in [6.07, 6.45) is 77.1. The molecule has 0 spiro atoms. The summed E-state index contributed by atoms with van der Waals surface area (Å²) in [5.41, 5.74) is 0. The second-order valence-electron chi connectivity index (χ2n) is 23.9. The number of amides is 1. The van der Waals surface area contributed by atoms with Gasteiger partial charge in [0.25, 0.3) is 0 Å². The lowest BCUT2D eigenvalue weighted by atomic mass is 10.0. The SMILES string of the molecule is CCCCCCCCCCCCCCCCCCCCCCCCCC(O)C(CO)NC(=O)CCCCCCCCCCCCCCCCCCCCCCCOC(=O)CCCCCCCCCCCCCCC. The summed E-state index contributed by atoms with van der Waals surface area (Å²) in [5.74, 6) is -0.0152. The first-order valence-electron chi connectivity index (χ1n) is 34.3. The van der Waals surface area contributed by atoms with Gasteiger partial charge < -0.3 is 20.3 Å². The van der Waals surface area contributed by atoms with Crippen LogP contribution in [0.15, 0.2) is 0 Å². The summed E-state index contributed by atoms with van der Waals surface area (Å²) in [5, 5.41) is 23.4. The highest BCUT2D eigenvalue weighted by Crippen LogP contribution is 2.19. The zero-order chi connectivity index (χ0) is 53.6. The number of carbonyl (C=O) groups excluding carboxylic acids is 2. The van der Waals surface area contributed by atoms with Crippen LogP contribution in [0.4, 0.5) is 0 Å². The van der Waals surface area contributed by atoms with Crippen molar-refractivity contribution in [2.24, 2.45) is 0 Å². The molecule has 0 aromatic carbocycles. The molecule has 2 unspecified atom stereocenters. The summed E-state index contributed by atoms with van der Waals surface area (Å²) in [4.78, 5) is 24.6. The molecule has 0 aromatic rings. The van der Waals surface area contributed by atoms with Crippen LogP contribution >= 0.6 is 0 Å². The van der Waals surface area contributed by atoms with Crippen LogP contribution in [0.25, 0.3) is 0 Å². The van der Waals surface area contributed by atoms with Crippen molar-refractivity contribution in [1.82, 2.24) is 5.32 Å². The smallest absolute Gasteiger partial charge is 0.305 e. The molecular weight excluding hydrogens is 911 g/mol. The van der Waals surface area contributed by atoms with E-state index >= 15 is 0 Å². The first kappa shape index (κ1) is 72.9. The Labute approximate surface area is 464 Å². The Balaban J connectivity index is 3.37. The quantitative estimate of drug-likeness (QED) is 0.0417. The second kappa shape index (κ2) is 64.4. The minimum Gasteiger partial charge on any atom is -0.466 e. The molecule has 0 aliphatic carbocycles. The molecule has 0 saturated heterocycles. The maximum absolute atomic E-state index is 12.5. The molecule has 6 heteroatoms. The van der Waals surface area contributed by atoms with Crippen LogP contribution in [0.1, 0.15) is 399 Å². The average Bonchev–Trinajstić information content (AvgIpc) is 3.40. The number of unbranched alkanes of at least 4 members (excludes halogenated alkanes) is 54. The normalized spacial score (nSPS) is 12.4. The molecule has 0 aliphatic heterocycles. The molecule has 2 atom stereocenters. The molecule has 3 N–H and O–H groups in total. The predicted molar refractivity (Wildman–Crippen MR) is 324 cm³/mol. The Morgan fingerprint density at radius 1 is 0.324 bits per heavy atom. The van der Waals surface area contributed by atoms with Crippen molar-refractivity contribution >= 4 is 11.9 Å². The maximum atomic E-state index is 12.5. The minimum atomic E-state index is -0.665. The van der Waals surface area contributed by atoms with E-state index in [1.54, 1.807) is 0 Å². The van der Waals surface area contributed by atoms with Gasteiger partial charge in [0.05, 0.1) is 25.4 Å². The first-order valence-corrected chi connectivity index (χ1v) is 34.3. The van der Waals surface area contributed by atoms with Crippen LogP contribution in [0.5, 0.6) is 0 Å². The molecule has 0 saturated carbocycles. The van der Waals surface area contributed by atoms with Crippen molar-refractivity contribution in [2.45, 2.75) is 411 Å². The van der Waals surface area contributed by atoms with E-state index in [2.05, 4.69) is 19.2 Å². The van der Waals surface area contributed by atoms with Crippen LogP contribution < -0.4 is 5.32 Å². The van der Waals surface area contributed by atoms with Crippen LogP contribution in [0.3, 0.4) is 0 Å². The molecule has 0 radical (unpaired) electrons. The standard InChI is InChI=1S/C68H135NO5/c1-3-5-7-9-11-13-15-17-18-19-20-21-22-24-27-30-33-37-40-44-48-52-56-60-66(71)65(64-70)69-67(72)61-57-53-49-45-41-38-34-31-28-25-23-26-29-32-35-39-43-47-51-55-59-63-74-68(73)62-58-54-50-46-42-36-16-14-12-10-8-6-4-2/h65-66,70-71H,3-64H2,1-2H3,(H,69,72). The van der Waals surface area contributed by atoms with Crippen LogP contribution in [0, 0.1) is 0 Å². The van der Waals surface area contributed by atoms with Crippen LogP contribution in [-0.2, 0) is 14.3 Å².